The van der Waals surface area contributed by atoms with Crippen molar-refractivity contribution in [1.29, 1.82) is 21.5 Å². The first-order chi connectivity index (χ1) is 15.4. The number of halogens is 1. The molecule has 1 fully saturated rings. The highest BCUT2D eigenvalue weighted by Crippen LogP contribution is 2.39. The molecule has 1 aliphatic rings. The van der Waals surface area contributed by atoms with Crippen molar-refractivity contribution in [3.63, 3.8) is 0 Å². The Hall–Kier alpha value is -4.06. The van der Waals surface area contributed by atoms with Crippen LogP contribution in [0.25, 0.3) is 16.8 Å². The van der Waals surface area contributed by atoms with Gasteiger partial charge in [-0.05, 0) is 31.1 Å². The standard InChI is InChI=1S/C23H25FN8/c1-31(14-27)23(29)15-7-10-32(11-8-15)22-17(16-2-5-21(24)30-13-16)3-4-18(19(22)12-26)20(28)6-9-25/h2-6,9,13-15,25,27,29H,7-8,10-11,28H2,1H3/b20-6-,25-9?,27-14?,29-23?. The molecule has 0 amide bonds. The lowest BCUT2D eigenvalue weighted by Gasteiger charge is -2.37. The van der Waals surface area contributed by atoms with Gasteiger partial charge in [0.25, 0.3) is 0 Å². The first kappa shape index (κ1) is 22.6. The van der Waals surface area contributed by atoms with Crippen LogP contribution in [-0.2, 0) is 0 Å². The largest absolute Gasteiger partial charge is 0.398 e. The molecular weight excluding hydrogens is 407 g/mol. The number of nitrogens with zero attached hydrogens (tertiary/aromatic N) is 4. The molecule has 1 aromatic heterocycles. The maximum atomic E-state index is 13.4. The van der Waals surface area contributed by atoms with Crippen molar-refractivity contribution in [3.8, 4) is 17.2 Å². The fourth-order valence-electron chi connectivity index (χ4n) is 3.96. The Balaban J connectivity index is 2.07. The molecule has 0 aliphatic carbocycles. The van der Waals surface area contributed by atoms with Crippen LogP contribution in [0.15, 0.2) is 36.5 Å². The number of hydrogen-bond acceptors (Lipinski definition) is 7. The third kappa shape index (κ3) is 4.49. The molecule has 164 valence electrons. The van der Waals surface area contributed by atoms with Gasteiger partial charge < -0.3 is 20.9 Å². The van der Waals surface area contributed by atoms with Crippen LogP contribution < -0.4 is 10.6 Å². The second-order valence-corrected chi connectivity index (χ2v) is 7.54. The Morgan fingerprint density at radius 2 is 2.00 bits per heavy atom. The number of anilines is 1. The third-order valence-electron chi connectivity index (χ3n) is 5.67. The van der Waals surface area contributed by atoms with E-state index in [4.69, 9.17) is 22.0 Å². The summed E-state index contributed by atoms with van der Waals surface area (Å²) < 4.78 is 13.4. The van der Waals surface area contributed by atoms with Gasteiger partial charge in [0.05, 0.1) is 17.6 Å². The first-order valence-electron chi connectivity index (χ1n) is 10.1. The minimum Gasteiger partial charge on any atom is -0.398 e. The number of rotatable bonds is 6. The van der Waals surface area contributed by atoms with Gasteiger partial charge in [-0.15, -0.1) is 0 Å². The zero-order valence-corrected chi connectivity index (χ0v) is 17.8. The zero-order chi connectivity index (χ0) is 23.3. The monoisotopic (exact) mass is 432 g/mol. The van der Waals surface area contributed by atoms with Gasteiger partial charge in [-0.3, -0.25) is 10.8 Å². The van der Waals surface area contributed by atoms with Crippen LogP contribution in [0.3, 0.4) is 0 Å². The number of nitriles is 1. The smallest absolute Gasteiger partial charge is 0.212 e. The van der Waals surface area contributed by atoms with Gasteiger partial charge in [-0.2, -0.15) is 9.65 Å². The fourth-order valence-corrected chi connectivity index (χ4v) is 3.96. The Bertz CT molecular complexity index is 1090. The predicted molar refractivity (Wildman–Crippen MR) is 125 cm³/mol. The normalized spacial score (nSPS) is 14.5. The second-order valence-electron chi connectivity index (χ2n) is 7.54. The lowest BCUT2D eigenvalue weighted by Crippen LogP contribution is -2.41. The van der Waals surface area contributed by atoms with Gasteiger partial charge in [-0.1, -0.05) is 12.1 Å². The average molecular weight is 433 g/mol. The van der Waals surface area contributed by atoms with Crippen molar-refractivity contribution in [2.24, 2.45) is 11.7 Å². The van der Waals surface area contributed by atoms with E-state index >= 15 is 0 Å². The lowest BCUT2D eigenvalue weighted by atomic mass is 9.91. The molecule has 5 N–H and O–H groups in total. The molecule has 0 bridgehead atoms. The summed E-state index contributed by atoms with van der Waals surface area (Å²) >= 11 is 0. The van der Waals surface area contributed by atoms with Crippen LogP contribution in [0.2, 0.25) is 0 Å². The van der Waals surface area contributed by atoms with E-state index in [1.54, 1.807) is 19.2 Å². The molecule has 0 atom stereocenters. The molecule has 1 saturated heterocycles. The maximum Gasteiger partial charge on any atom is 0.212 e. The highest BCUT2D eigenvalue weighted by Gasteiger charge is 2.28. The first-order valence-corrected chi connectivity index (χ1v) is 10.1. The van der Waals surface area contributed by atoms with E-state index in [1.165, 1.54) is 23.2 Å². The molecular formula is C23H25FN8. The Labute approximate surface area is 186 Å². The molecule has 0 unspecified atom stereocenters. The highest BCUT2D eigenvalue weighted by molar-refractivity contribution is 5.92. The SMILES string of the molecule is CN(C=N)C(=N)C1CCN(c2c(-c3ccc(F)nc3)ccc(/C(N)=C/C=N)c2C#N)CC1. The van der Waals surface area contributed by atoms with Crippen molar-refractivity contribution in [2.75, 3.05) is 25.0 Å². The molecule has 1 aromatic carbocycles. The molecule has 2 aromatic rings. The number of piperidine rings is 1. The molecule has 3 rings (SSSR count). The summed E-state index contributed by atoms with van der Waals surface area (Å²) in [5, 5.41) is 33.0. The summed E-state index contributed by atoms with van der Waals surface area (Å²) in [5.74, 6) is -0.166. The fraction of sp³-hybridized carbons (Fsp3) is 0.261. The summed E-state index contributed by atoms with van der Waals surface area (Å²) in [5.41, 5.74) is 9.45. The third-order valence-corrected chi connectivity index (χ3v) is 5.67. The van der Waals surface area contributed by atoms with Crippen molar-refractivity contribution >= 4 is 29.8 Å². The van der Waals surface area contributed by atoms with Crippen LogP contribution in [0.4, 0.5) is 10.1 Å². The van der Waals surface area contributed by atoms with Crippen LogP contribution in [-0.4, -0.2) is 48.4 Å². The Morgan fingerprint density at radius 1 is 1.28 bits per heavy atom. The van der Waals surface area contributed by atoms with E-state index < -0.39 is 5.95 Å². The summed E-state index contributed by atoms with van der Waals surface area (Å²) in [6.45, 7) is 1.21. The maximum absolute atomic E-state index is 13.4. The minimum atomic E-state index is -0.583. The van der Waals surface area contributed by atoms with E-state index in [0.717, 1.165) is 18.1 Å². The summed E-state index contributed by atoms with van der Waals surface area (Å²) in [6.07, 6.45) is 6.46. The van der Waals surface area contributed by atoms with E-state index in [9.17, 15) is 9.65 Å². The van der Waals surface area contributed by atoms with Crippen LogP contribution >= 0.6 is 0 Å². The van der Waals surface area contributed by atoms with Crippen molar-refractivity contribution < 1.29 is 4.39 Å². The lowest BCUT2D eigenvalue weighted by molar-refractivity contribution is 0.473. The molecule has 1 aliphatic heterocycles. The van der Waals surface area contributed by atoms with Crippen molar-refractivity contribution in [1.82, 2.24) is 9.88 Å². The van der Waals surface area contributed by atoms with E-state index in [-0.39, 0.29) is 5.92 Å². The van der Waals surface area contributed by atoms with Gasteiger partial charge in [0.15, 0.2) is 0 Å². The average Bonchev–Trinajstić information content (AvgIpc) is 2.82. The van der Waals surface area contributed by atoms with Crippen LogP contribution in [0.1, 0.15) is 24.0 Å². The van der Waals surface area contributed by atoms with Crippen molar-refractivity contribution in [2.45, 2.75) is 12.8 Å². The Morgan fingerprint density at radius 3 is 2.56 bits per heavy atom. The molecule has 8 nitrogen and oxygen atoms in total. The quantitative estimate of drug-likeness (QED) is 0.314. The van der Waals surface area contributed by atoms with E-state index in [0.29, 0.717) is 59.8 Å². The number of hydrogen-bond donors (Lipinski definition) is 4. The molecule has 32 heavy (non-hydrogen) atoms. The molecule has 9 heteroatoms. The topological polar surface area (TPSA) is 141 Å². The van der Waals surface area contributed by atoms with Gasteiger partial charge in [0.2, 0.25) is 5.95 Å². The number of pyridine rings is 1. The molecule has 0 radical (unpaired) electrons. The Kier molecular flexibility index (Phi) is 6.95. The number of benzene rings is 1. The van der Waals surface area contributed by atoms with E-state index in [1.807, 2.05) is 6.07 Å². The van der Waals surface area contributed by atoms with Crippen LogP contribution in [0.5, 0.6) is 0 Å². The summed E-state index contributed by atoms with van der Waals surface area (Å²) in [4.78, 5) is 7.35. The van der Waals surface area contributed by atoms with E-state index in [2.05, 4.69) is 16.0 Å². The zero-order valence-electron chi connectivity index (χ0n) is 17.8. The number of nitrogens with one attached hydrogen (secondary N) is 3. The number of amidine groups is 1. The predicted octanol–water partition coefficient (Wildman–Crippen LogP) is 3.44. The highest BCUT2D eigenvalue weighted by atomic mass is 19.1. The molecule has 0 saturated carbocycles. The second kappa shape index (κ2) is 9.83. The minimum absolute atomic E-state index is 0.0189. The molecule has 2 heterocycles. The van der Waals surface area contributed by atoms with Crippen LogP contribution in [0, 0.1) is 39.4 Å². The number of aromatic nitrogens is 1. The van der Waals surface area contributed by atoms with Gasteiger partial charge in [-0.25, -0.2) is 4.98 Å². The number of nitrogens with two attached hydrogens (primary N) is 1. The summed E-state index contributed by atoms with van der Waals surface area (Å²) in [7, 11) is 1.69. The number of allylic oxidation sites excluding steroid dienone is 1. The van der Waals surface area contributed by atoms with Gasteiger partial charge in [0.1, 0.15) is 11.9 Å². The molecule has 0 spiro atoms. The van der Waals surface area contributed by atoms with Gasteiger partial charge in [0, 0.05) is 60.9 Å². The van der Waals surface area contributed by atoms with Gasteiger partial charge >= 0.3 is 0 Å². The van der Waals surface area contributed by atoms with Crippen molar-refractivity contribution in [3.05, 3.63) is 53.6 Å². The summed E-state index contributed by atoms with van der Waals surface area (Å²) in [6, 6.07) is 8.75.